The number of ether oxygens (including phenoxy) is 4. The Kier molecular flexibility index (Phi) is 10.9. The molecule has 3 saturated carbocycles. The highest BCUT2D eigenvalue weighted by atomic mass is 16.7. The number of rotatable bonds is 11. The fourth-order valence-corrected chi connectivity index (χ4v) is 8.02. The molecular weight excluding hydrogens is 685 g/mol. The van der Waals surface area contributed by atoms with E-state index in [1.54, 1.807) is 59.7 Å². The van der Waals surface area contributed by atoms with Gasteiger partial charge in [0.15, 0.2) is 5.75 Å². The standard InChI is InChI=1S/C38H52BN3O11/c1-35(2,3)50-33(44)24-14-12-13-22(31(24)49-11)18-29(39-52-28-20-23-19-27(37(23,7)8)38(28,9)53-39)40-32(43)30(41-34(45)51-36(4,5)6)21-15-16-26(48-10)25(17-21)42(46)47/h12-17,23,27-30H,18-20H2,1-11H3,(H,40,43)(H,41,45)/t23-,27-,28+,29-,30?,38-/m0/s1. The van der Waals surface area contributed by atoms with E-state index in [0.717, 1.165) is 12.8 Å². The first-order valence-electron chi connectivity index (χ1n) is 17.9. The third kappa shape index (κ3) is 8.25. The van der Waals surface area contributed by atoms with Gasteiger partial charge >= 0.3 is 24.9 Å². The lowest BCUT2D eigenvalue weighted by atomic mass is 9.43. The molecule has 3 aliphatic carbocycles. The maximum absolute atomic E-state index is 14.5. The zero-order valence-electron chi connectivity index (χ0n) is 32.5. The van der Waals surface area contributed by atoms with Gasteiger partial charge in [-0.1, -0.05) is 32.0 Å². The molecule has 4 fully saturated rings. The molecule has 1 unspecified atom stereocenters. The van der Waals surface area contributed by atoms with Gasteiger partial charge in [-0.2, -0.15) is 0 Å². The summed E-state index contributed by atoms with van der Waals surface area (Å²) in [7, 11) is 1.81. The van der Waals surface area contributed by atoms with Crippen molar-refractivity contribution in [2.75, 3.05) is 14.2 Å². The first-order chi connectivity index (χ1) is 24.6. The number of nitro groups is 1. The highest BCUT2D eigenvalue weighted by Crippen LogP contribution is 2.65. The molecule has 53 heavy (non-hydrogen) atoms. The van der Waals surface area contributed by atoms with Crippen molar-refractivity contribution in [2.45, 2.75) is 116 Å². The normalized spacial score (nSPS) is 24.1. The van der Waals surface area contributed by atoms with E-state index >= 15 is 0 Å². The topological polar surface area (TPSA) is 174 Å². The molecule has 1 aliphatic heterocycles. The van der Waals surface area contributed by atoms with Crippen LogP contribution in [0.3, 0.4) is 0 Å². The molecule has 0 radical (unpaired) electrons. The van der Waals surface area contributed by atoms with Crippen LogP contribution in [0.4, 0.5) is 10.5 Å². The second kappa shape index (κ2) is 14.5. The number of nitro benzene ring substituents is 1. The molecule has 2 amide bonds. The molecule has 1 saturated heterocycles. The van der Waals surface area contributed by atoms with Crippen LogP contribution in [-0.2, 0) is 30.0 Å². The van der Waals surface area contributed by atoms with Crippen molar-refractivity contribution in [3.63, 3.8) is 0 Å². The first-order valence-corrected chi connectivity index (χ1v) is 17.9. The lowest BCUT2D eigenvalue weighted by Crippen LogP contribution is -2.65. The van der Waals surface area contributed by atoms with Crippen molar-refractivity contribution in [3.05, 3.63) is 63.2 Å². The van der Waals surface area contributed by atoms with Crippen LogP contribution in [0.25, 0.3) is 0 Å². The van der Waals surface area contributed by atoms with E-state index in [4.69, 9.17) is 28.3 Å². The Labute approximate surface area is 311 Å². The van der Waals surface area contributed by atoms with E-state index in [0.29, 0.717) is 11.5 Å². The summed E-state index contributed by atoms with van der Waals surface area (Å²) >= 11 is 0. The monoisotopic (exact) mass is 737 g/mol. The number of amides is 2. The molecule has 6 rings (SSSR count). The summed E-state index contributed by atoms with van der Waals surface area (Å²) in [4.78, 5) is 52.2. The lowest BCUT2D eigenvalue weighted by Gasteiger charge is -2.64. The molecule has 2 bridgehead atoms. The Balaban J connectivity index is 1.54. The largest absolute Gasteiger partial charge is 0.496 e. The average Bonchev–Trinajstić information content (AvgIpc) is 3.42. The molecule has 0 spiro atoms. The van der Waals surface area contributed by atoms with Gasteiger partial charge < -0.3 is 38.9 Å². The van der Waals surface area contributed by atoms with Gasteiger partial charge in [0, 0.05) is 6.07 Å². The third-order valence-corrected chi connectivity index (χ3v) is 10.6. The number of alkyl carbamates (subject to hydrolysis) is 1. The van der Waals surface area contributed by atoms with Crippen LogP contribution in [0, 0.1) is 27.4 Å². The van der Waals surface area contributed by atoms with Gasteiger partial charge in [-0.15, -0.1) is 0 Å². The Hall–Kier alpha value is -4.37. The van der Waals surface area contributed by atoms with E-state index in [-0.39, 0.29) is 46.5 Å². The second-order valence-corrected chi connectivity index (χ2v) is 16.9. The van der Waals surface area contributed by atoms with Crippen LogP contribution in [0.5, 0.6) is 11.5 Å². The number of nitrogens with zero attached hydrogens (tertiary/aromatic N) is 1. The summed E-state index contributed by atoms with van der Waals surface area (Å²) in [5.74, 6) is -1.22. The van der Waals surface area contributed by atoms with Crippen LogP contribution in [-0.4, -0.2) is 73.1 Å². The first kappa shape index (κ1) is 39.8. The number of carbonyl (C=O) groups is 3. The summed E-state index contributed by atoms with van der Waals surface area (Å²) in [6, 6.07) is 7.64. The van der Waals surface area contributed by atoms with E-state index in [1.165, 1.54) is 32.4 Å². The minimum atomic E-state index is -1.45. The summed E-state index contributed by atoms with van der Waals surface area (Å²) in [5, 5.41) is 17.6. The number of carbonyl (C=O) groups excluding carboxylic acids is 3. The Morgan fingerprint density at radius 3 is 2.25 bits per heavy atom. The number of para-hydroxylation sites is 1. The number of hydrogen-bond donors (Lipinski definition) is 2. The van der Waals surface area contributed by atoms with Crippen molar-refractivity contribution >= 4 is 30.8 Å². The summed E-state index contributed by atoms with van der Waals surface area (Å²) in [6.45, 7) is 16.9. The predicted molar refractivity (Wildman–Crippen MR) is 196 cm³/mol. The van der Waals surface area contributed by atoms with Gasteiger partial charge in [-0.05, 0) is 108 Å². The minimum Gasteiger partial charge on any atom is -0.496 e. The molecule has 2 aromatic rings. The van der Waals surface area contributed by atoms with Gasteiger partial charge in [0.25, 0.3) is 0 Å². The van der Waals surface area contributed by atoms with Crippen molar-refractivity contribution in [1.82, 2.24) is 10.6 Å². The molecule has 2 aromatic carbocycles. The molecular formula is C38H52BN3O11. The van der Waals surface area contributed by atoms with Crippen LogP contribution >= 0.6 is 0 Å². The SMILES string of the molecule is COc1ccc(C(NC(=O)OC(C)(C)C)C(=O)N[C@@H](Cc2cccc(C(=O)OC(C)(C)C)c2OC)B2O[C@@H]3C[C@@H]4C[C@@H](C4(C)C)[C@]3(C)O2)cc1[N+](=O)[O-]. The summed E-state index contributed by atoms with van der Waals surface area (Å²) < 4.78 is 35.5. The van der Waals surface area contributed by atoms with Crippen molar-refractivity contribution < 1.29 is 47.6 Å². The molecule has 2 N–H and O–H groups in total. The van der Waals surface area contributed by atoms with Crippen LogP contribution in [0.1, 0.15) is 103 Å². The van der Waals surface area contributed by atoms with E-state index in [1.807, 2.05) is 0 Å². The third-order valence-electron chi connectivity index (χ3n) is 10.6. The molecule has 1 heterocycles. The van der Waals surface area contributed by atoms with Crippen molar-refractivity contribution in [1.29, 1.82) is 0 Å². The van der Waals surface area contributed by atoms with E-state index in [2.05, 4.69) is 31.4 Å². The smallest absolute Gasteiger partial charge is 0.482 e. The van der Waals surface area contributed by atoms with Crippen LogP contribution in [0.2, 0.25) is 0 Å². The summed E-state index contributed by atoms with van der Waals surface area (Å²) in [5.41, 5.74) is -1.74. The van der Waals surface area contributed by atoms with Crippen molar-refractivity contribution in [3.8, 4) is 11.5 Å². The number of methoxy groups -OCH3 is 2. The number of benzene rings is 2. The molecule has 0 aromatic heterocycles. The maximum atomic E-state index is 14.5. The predicted octanol–water partition coefficient (Wildman–Crippen LogP) is 6.13. The number of hydrogen-bond acceptors (Lipinski definition) is 11. The van der Waals surface area contributed by atoms with Crippen LogP contribution < -0.4 is 20.1 Å². The summed E-state index contributed by atoms with van der Waals surface area (Å²) in [6.07, 6.45) is 0.759. The molecule has 14 nitrogen and oxygen atoms in total. The molecule has 6 atom stereocenters. The van der Waals surface area contributed by atoms with Gasteiger partial charge in [0.2, 0.25) is 5.91 Å². The zero-order valence-corrected chi connectivity index (χ0v) is 32.5. The minimum absolute atomic E-state index is 0.0186. The van der Waals surface area contributed by atoms with E-state index < -0.39 is 64.5 Å². The number of esters is 1. The van der Waals surface area contributed by atoms with Gasteiger partial charge in [0.05, 0.1) is 36.8 Å². The maximum Gasteiger partial charge on any atom is 0.482 e. The zero-order chi connectivity index (χ0) is 39.3. The highest BCUT2D eigenvalue weighted by Gasteiger charge is 2.68. The van der Waals surface area contributed by atoms with E-state index in [9.17, 15) is 24.5 Å². The quantitative estimate of drug-likeness (QED) is 0.118. The fourth-order valence-electron chi connectivity index (χ4n) is 8.02. The Bertz CT molecular complexity index is 1750. The molecule has 288 valence electrons. The van der Waals surface area contributed by atoms with Crippen molar-refractivity contribution in [2.24, 2.45) is 17.3 Å². The molecule has 15 heteroatoms. The number of nitrogens with one attached hydrogen (secondary N) is 2. The fraction of sp³-hybridized carbons (Fsp3) is 0.605. The highest BCUT2D eigenvalue weighted by molar-refractivity contribution is 6.48. The van der Waals surface area contributed by atoms with Gasteiger partial charge in [-0.3, -0.25) is 14.9 Å². The second-order valence-electron chi connectivity index (χ2n) is 16.9. The lowest BCUT2D eigenvalue weighted by molar-refractivity contribution is -0.385. The van der Waals surface area contributed by atoms with Gasteiger partial charge in [-0.25, -0.2) is 9.59 Å². The Morgan fingerprint density at radius 2 is 1.66 bits per heavy atom. The van der Waals surface area contributed by atoms with Gasteiger partial charge in [0.1, 0.15) is 28.6 Å². The Morgan fingerprint density at radius 1 is 0.981 bits per heavy atom. The molecule has 4 aliphatic rings. The van der Waals surface area contributed by atoms with Crippen LogP contribution in [0.15, 0.2) is 36.4 Å². The average molecular weight is 738 g/mol.